The lowest BCUT2D eigenvalue weighted by Crippen LogP contribution is -2.15. The minimum Gasteiger partial charge on any atom is -0.289 e. The molecule has 0 aliphatic heterocycles. The van der Waals surface area contributed by atoms with Crippen LogP contribution in [0.4, 0.5) is 0 Å². The van der Waals surface area contributed by atoms with Crippen molar-refractivity contribution in [1.29, 1.82) is 0 Å². The highest BCUT2D eigenvalue weighted by Crippen LogP contribution is 2.71. The summed E-state index contributed by atoms with van der Waals surface area (Å²) in [4.78, 5) is 12.6. The molecule has 4 rings (SSSR count). The maximum Gasteiger partial charge on any atom is 0.184 e. The Labute approximate surface area is 115 Å². The predicted molar refractivity (Wildman–Crippen MR) is 76.6 cm³/mol. The first-order valence-corrected chi connectivity index (χ1v) is 7.75. The predicted octanol–water partition coefficient (Wildman–Crippen LogP) is 4.21. The number of hydrogen-bond acceptors (Lipinski definition) is 1. The van der Waals surface area contributed by atoms with Crippen LogP contribution in [-0.2, 0) is 4.79 Å². The van der Waals surface area contributed by atoms with Crippen molar-refractivity contribution in [2.24, 2.45) is 23.2 Å². The second kappa shape index (κ2) is 3.71. The Balaban J connectivity index is 1.62. The highest BCUT2D eigenvalue weighted by atomic mass is 16.1. The molecular formula is C18H22O. The van der Waals surface area contributed by atoms with Crippen molar-refractivity contribution in [2.45, 2.75) is 46.0 Å². The minimum atomic E-state index is 0.356. The van der Waals surface area contributed by atoms with Gasteiger partial charge in [-0.25, -0.2) is 0 Å². The summed E-state index contributed by atoms with van der Waals surface area (Å²) in [5.41, 5.74) is 4.29. The van der Waals surface area contributed by atoms with Crippen molar-refractivity contribution in [3.05, 3.63) is 34.9 Å². The molecule has 0 N–H and O–H groups in total. The first-order chi connectivity index (χ1) is 9.15. The van der Waals surface area contributed by atoms with E-state index in [2.05, 4.69) is 19.1 Å². The zero-order chi connectivity index (χ0) is 13.2. The fourth-order valence-electron chi connectivity index (χ4n) is 4.76. The van der Waals surface area contributed by atoms with Crippen molar-refractivity contribution >= 4 is 5.78 Å². The topological polar surface area (TPSA) is 17.1 Å². The zero-order valence-electron chi connectivity index (χ0n) is 11.9. The molecule has 4 aliphatic rings. The molecule has 4 unspecified atom stereocenters. The second-order valence-electron chi connectivity index (χ2n) is 7.03. The molecule has 19 heavy (non-hydrogen) atoms. The van der Waals surface area contributed by atoms with Gasteiger partial charge in [0, 0.05) is 0 Å². The van der Waals surface area contributed by atoms with Gasteiger partial charge in [0.15, 0.2) is 5.78 Å². The van der Waals surface area contributed by atoms with Crippen molar-refractivity contribution in [3.63, 3.8) is 0 Å². The summed E-state index contributed by atoms with van der Waals surface area (Å²) in [6.07, 6.45) is 12.6. The molecule has 100 valence electrons. The molecule has 0 bridgehead atoms. The van der Waals surface area contributed by atoms with E-state index in [0.717, 1.165) is 35.8 Å². The summed E-state index contributed by atoms with van der Waals surface area (Å²) >= 11 is 0. The summed E-state index contributed by atoms with van der Waals surface area (Å²) in [5.74, 6) is 2.52. The molecule has 0 saturated heterocycles. The SMILES string of the molecule is C/C=C1\CCC=C(C2C3CCC4C=C4CC32C)C1=O. The first kappa shape index (κ1) is 11.7. The molecule has 0 heterocycles. The molecule has 2 saturated carbocycles. The molecule has 0 spiro atoms. The summed E-state index contributed by atoms with van der Waals surface area (Å²) in [6.45, 7) is 4.42. The quantitative estimate of drug-likeness (QED) is 0.506. The molecule has 0 aromatic rings. The molecule has 0 aromatic carbocycles. The van der Waals surface area contributed by atoms with Crippen molar-refractivity contribution in [1.82, 2.24) is 0 Å². The molecule has 4 aliphatic carbocycles. The van der Waals surface area contributed by atoms with Crippen molar-refractivity contribution in [2.75, 3.05) is 0 Å². The second-order valence-corrected chi connectivity index (χ2v) is 7.03. The number of ketones is 1. The van der Waals surface area contributed by atoms with Gasteiger partial charge in [-0.2, -0.15) is 0 Å². The Morgan fingerprint density at radius 2 is 2.21 bits per heavy atom. The number of hydrogen-bond donors (Lipinski definition) is 0. The summed E-state index contributed by atoms with van der Waals surface area (Å²) < 4.78 is 0. The van der Waals surface area contributed by atoms with Crippen molar-refractivity contribution in [3.8, 4) is 0 Å². The smallest absolute Gasteiger partial charge is 0.184 e. The van der Waals surface area contributed by atoms with Crippen molar-refractivity contribution < 1.29 is 4.79 Å². The van der Waals surface area contributed by atoms with E-state index < -0.39 is 0 Å². The molecule has 1 heteroatoms. The standard InChI is InChI=1S/C18H22O/c1-3-11-5-4-6-14(17(11)19)16-15-8-7-12-9-13(12)10-18(15,16)2/h3,6,9,12,15-16H,4-5,7-8,10H2,1-2H3/b11-3+. The van der Waals surface area contributed by atoms with E-state index >= 15 is 0 Å². The van der Waals surface area contributed by atoms with E-state index in [1.165, 1.54) is 19.3 Å². The van der Waals surface area contributed by atoms with Crippen LogP contribution < -0.4 is 0 Å². The average Bonchev–Trinajstić information content (AvgIpc) is 3.23. The lowest BCUT2D eigenvalue weighted by Gasteiger charge is -2.17. The fourth-order valence-corrected chi connectivity index (χ4v) is 4.76. The van der Waals surface area contributed by atoms with E-state index in [0.29, 0.717) is 17.1 Å². The third-order valence-corrected chi connectivity index (χ3v) is 6.02. The number of carbonyl (C=O) groups excluding carboxylic acids is 1. The highest BCUT2D eigenvalue weighted by molar-refractivity contribution is 6.09. The van der Waals surface area contributed by atoms with E-state index in [1.54, 1.807) is 5.57 Å². The van der Waals surface area contributed by atoms with Crippen LogP contribution in [-0.4, -0.2) is 5.78 Å². The van der Waals surface area contributed by atoms with Gasteiger partial charge in [0.25, 0.3) is 0 Å². The molecule has 4 atom stereocenters. The van der Waals surface area contributed by atoms with E-state index in [4.69, 9.17) is 0 Å². The van der Waals surface area contributed by atoms with Gasteiger partial charge >= 0.3 is 0 Å². The Morgan fingerprint density at radius 3 is 3.00 bits per heavy atom. The van der Waals surface area contributed by atoms with Gasteiger partial charge in [0.1, 0.15) is 0 Å². The summed E-state index contributed by atoms with van der Waals surface area (Å²) in [5, 5.41) is 0. The van der Waals surface area contributed by atoms with Crippen LogP contribution in [0.25, 0.3) is 0 Å². The van der Waals surface area contributed by atoms with Crippen LogP contribution in [0, 0.1) is 23.2 Å². The Kier molecular flexibility index (Phi) is 2.29. The van der Waals surface area contributed by atoms with Crippen LogP contribution in [0.5, 0.6) is 0 Å². The normalized spacial score (nSPS) is 45.9. The van der Waals surface area contributed by atoms with E-state index in [-0.39, 0.29) is 0 Å². The van der Waals surface area contributed by atoms with Gasteiger partial charge in [-0.05, 0) is 73.3 Å². The van der Waals surface area contributed by atoms with Crippen LogP contribution in [0.1, 0.15) is 46.0 Å². The Hall–Kier alpha value is -1.11. The molecule has 0 radical (unpaired) electrons. The Morgan fingerprint density at radius 1 is 1.37 bits per heavy atom. The molecule has 0 aromatic heterocycles. The van der Waals surface area contributed by atoms with Crippen LogP contribution in [0.15, 0.2) is 34.9 Å². The van der Waals surface area contributed by atoms with Crippen LogP contribution >= 0.6 is 0 Å². The molecule has 2 fully saturated rings. The zero-order valence-corrected chi connectivity index (χ0v) is 11.9. The first-order valence-electron chi connectivity index (χ1n) is 7.75. The Bertz CT molecular complexity index is 548. The fraction of sp³-hybridized carbons (Fsp3) is 0.611. The number of Topliss-reactive ketones (excluding diaryl/α,β-unsaturated/α-hetero) is 1. The lowest BCUT2D eigenvalue weighted by atomic mass is 9.86. The number of rotatable bonds is 1. The van der Waals surface area contributed by atoms with Crippen LogP contribution in [0.3, 0.4) is 0 Å². The van der Waals surface area contributed by atoms with Gasteiger partial charge in [-0.3, -0.25) is 4.79 Å². The van der Waals surface area contributed by atoms with Gasteiger partial charge in [0.2, 0.25) is 0 Å². The molecule has 0 amide bonds. The highest BCUT2D eigenvalue weighted by Gasteiger charge is 2.64. The molecular weight excluding hydrogens is 232 g/mol. The van der Waals surface area contributed by atoms with Gasteiger partial charge in [-0.1, -0.05) is 30.7 Å². The number of allylic oxidation sites excluding steroid dienone is 6. The summed E-state index contributed by atoms with van der Waals surface area (Å²) in [6, 6.07) is 0. The maximum atomic E-state index is 12.6. The largest absolute Gasteiger partial charge is 0.289 e. The minimum absolute atomic E-state index is 0.356. The van der Waals surface area contributed by atoms with Gasteiger partial charge in [-0.15, -0.1) is 0 Å². The van der Waals surface area contributed by atoms with E-state index in [1.807, 2.05) is 13.0 Å². The third kappa shape index (κ3) is 1.57. The van der Waals surface area contributed by atoms with Crippen LogP contribution in [0.2, 0.25) is 0 Å². The lowest BCUT2D eigenvalue weighted by molar-refractivity contribution is -0.113. The summed E-state index contributed by atoms with van der Waals surface area (Å²) in [7, 11) is 0. The maximum absolute atomic E-state index is 12.6. The number of fused-ring (bicyclic) bond motifs is 2. The average molecular weight is 254 g/mol. The van der Waals surface area contributed by atoms with E-state index in [9.17, 15) is 4.79 Å². The van der Waals surface area contributed by atoms with Gasteiger partial charge in [0.05, 0.1) is 0 Å². The third-order valence-electron chi connectivity index (χ3n) is 6.02. The monoisotopic (exact) mass is 254 g/mol. The number of carbonyl (C=O) groups is 1. The van der Waals surface area contributed by atoms with Gasteiger partial charge < -0.3 is 0 Å². The molecule has 1 nitrogen and oxygen atoms in total.